The average Bonchev–Trinajstić information content (AvgIpc) is 2.62. The van der Waals surface area contributed by atoms with Crippen molar-refractivity contribution in [3.63, 3.8) is 0 Å². The Morgan fingerprint density at radius 1 is 1.53 bits per heavy atom. The van der Waals surface area contributed by atoms with E-state index in [9.17, 15) is 13.2 Å². The van der Waals surface area contributed by atoms with Crippen molar-refractivity contribution >= 4 is 21.6 Å². The van der Waals surface area contributed by atoms with E-state index in [-0.39, 0.29) is 29.6 Å². The molecule has 1 aromatic heterocycles. The van der Waals surface area contributed by atoms with E-state index in [1.54, 1.807) is 6.92 Å². The number of sulfone groups is 1. The summed E-state index contributed by atoms with van der Waals surface area (Å²) < 4.78 is 27.1. The zero-order valence-electron chi connectivity index (χ0n) is 9.16. The van der Waals surface area contributed by atoms with Gasteiger partial charge in [-0.2, -0.15) is 0 Å². The maximum atomic E-state index is 12.0. The lowest BCUT2D eigenvalue weighted by atomic mass is 10.2. The molecule has 1 unspecified atom stereocenters. The van der Waals surface area contributed by atoms with Crippen molar-refractivity contribution in [1.29, 1.82) is 0 Å². The van der Waals surface area contributed by atoms with Gasteiger partial charge in [-0.1, -0.05) is 0 Å². The lowest BCUT2D eigenvalue weighted by Gasteiger charge is -2.32. The van der Waals surface area contributed by atoms with Crippen LogP contribution in [0.2, 0.25) is 0 Å². The summed E-state index contributed by atoms with van der Waals surface area (Å²) in [6.07, 6.45) is 0. The van der Waals surface area contributed by atoms with Gasteiger partial charge in [-0.15, -0.1) is 0 Å². The molecule has 1 aliphatic heterocycles. The highest BCUT2D eigenvalue weighted by Crippen LogP contribution is 2.16. The molecule has 8 nitrogen and oxygen atoms in total. The highest BCUT2D eigenvalue weighted by Gasteiger charge is 2.33. The molecule has 2 N–H and O–H groups in total. The number of nitrogens with zero attached hydrogens (tertiary/aromatic N) is 3. The van der Waals surface area contributed by atoms with Crippen molar-refractivity contribution in [3.05, 3.63) is 5.69 Å². The van der Waals surface area contributed by atoms with Crippen LogP contribution in [0, 0.1) is 0 Å². The number of aromatic nitrogens is 2. The maximum absolute atomic E-state index is 12.0. The molecule has 0 saturated carbocycles. The predicted molar refractivity (Wildman–Crippen MR) is 57.9 cm³/mol. The second-order valence-electron chi connectivity index (χ2n) is 3.96. The van der Waals surface area contributed by atoms with Crippen LogP contribution in [0.3, 0.4) is 0 Å². The topological polar surface area (TPSA) is 119 Å². The minimum atomic E-state index is -3.06. The number of rotatable bonds is 1. The standard InChI is InChI=1S/C8H12N4O4S/c1-5-4-17(14,15)3-2-12(5)8(13)6-7(9)11-16-10-6/h5H,2-4H2,1H3,(H2,9,11). The van der Waals surface area contributed by atoms with E-state index in [1.807, 2.05) is 0 Å². The summed E-state index contributed by atoms with van der Waals surface area (Å²) in [7, 11) is -3.06. The quantitative estimate of drug-likeness (QED) is 0.681. The number of carbonyl (C=O) groups is 1. The lowest BCUT2D eigenvalue weighted by Crippen LogP contribution is -2.49. The number of carbonyl (C=O) groups excluding carboxylic acids is 1. The number of nitrogen functional groups attached to an aromatic ring is 1. The van der Waals surface area contributed by atoms with Gasteiger partial charge in [-0.05, 0) is 17.2 Å². The van der Waals surface area contributed by atoms with E-state index in [0.717, 1.165) is 0 Å². The summed E-state index contributed by atoms with van der Waals surface area (Å²) in [6, 6.07) is -0.405. The summed E-state index contributed by atoms with van der Waals surface area (Å²) >= 11 is 0. The van der Waals surface area contributed by atoms with Gasteiger partial charge in [-0.3, -0.25) is 4.79 Å². The molecule has 1 atom stereocenters. The van der Waals surface area contributed by atoms with Crippen LogP contribution in [-0.2, 0) is 9.84 Å². The van der Waals surface area contributed by atoms with Gasteiger partial charge in [-0.25, -0.2) is 13.0 Å². The van der Waals surface area contributed by atoms with Crippen LogP contribution < -0.4 is 5.73 Å². The van der Waals surface area contributed by atoms with Gasteiger partial charge in [0.25, 0.3) is 5.91 Å². The van der Waals surface area contributed by atoms with Gasteiger partial charge in [0.15, 0.2) is 9.84 Å². The van der Waals surface area contributed by atoms with Gasteiger partial charge >= 0.3 is 0 Å². The fraction of sp³-hybridized carbons (Fsp3) is 0.625. The predicted octanol–water partition coefficient (Wildman–Crippen LogP) is -1.09. The summed E-state index contributed by atoms with van der Waals surface area (Å²) in [5.74, 6) is -0.639. The van der Waals surface area contributed by atoms with Crippen LogP contribution in [-0.4, -0.2) is 53.6 Å². The SMILES string of the molecule is CC1CS(=O)(=O)CCN1C(=O)c1nonc1N. The van der Waals surface area contributed by atoms with E-state index in [0.29, 0.717) is 0 Å². The lowest BCUT2D eigenvalue weighted by molar-refractivity contribution is 0.0702. The number of nitrogens with two attached hydrogens (primary N) is 1. The summed E-state index contributed by atoms with van der Waals surface area (Å²) in [4.78, 5) is 13.4. The third-order valence-electron chi connectivity index (χ3n) is 2.65. The Labute approximate surface area is 97.6 Å². The largest absolute Gasteiger partial charge is 0.379 e. The molecule has 2 heterocycles. The third-order valence-corrected chi connectivity index (χ3v) is 4.44. The van der Waals surface area contributed by atoms with Crippen molar-refractivity contribution in [2.45, 2.75) is 13.0 Å². The van der Waals surface area contributed by atoms with E-state index < -0.39 is 21.8 Å². The first kappa shape index (κ1) is 11.8. The molecule has 0 spiro atoms. The Kier molecular flexibility index (Phi) is 2.77. The maximum Gasteiger partial charge on any atom is 0.280 e. The van der Waals surface area contributed by atoms with Crippen LogP contribution in [0.4, 0.5) is 5.82 Å². The Hall–Kier alpha value is -1.64. The number of hydrogen-bond donors (Lipinski definition) is 1. The second-order valence-corrected chi connectivity index (χ2v) is 6.19. The van der Waals surface area contributed by atoms with E-state index in [4.69, 9.17) is 5.73 Å². The van der Waals surface area contributed by atoms with Crippen molar-refractivity contribution < 1.29 is 17.8 Å². The molecule has 0 radical (unpaired) electrons. The molecular weight excluding hydrogens is 248 g/mol. The first-order valence-corrected chi connectivity index (χ1v) is 6.82. The molecule has 0 aromatic carbocycles. The Bertz CT molecular complexity index is 537. The van der Waals surface area contributed by atoms with Gasteiger partial charge < -0.3 is 10.6 Å². The second kappa shape index (κ2) is 3.99. The zero-order valence-corrected chi connectivity index (χ0v) is 9.98. The minimum absolute atomic E-state index is 0.0474. The first-order chi connectivity index (χ1) is 7.91. The Balaban J connectivity index is 2.20. The molecule has 1 aliphatic rings. The van der Waals surface area contributed by atoms with Crippen LogP contribution >= 0.6 is 0 Å². The highest BCUT2D eigenvalue weighted by molar-refractivity contribution is 7.91. The molecule has 0 bridgehead atoms. The van der Waals surface area contributed by atoms with Crippen molar-refractivity contribution in [3.8, 4) is 0 Å². The molecule has 1 fully saturated rings. The summed E-state index contributed by atoms with van der Waals surface area (Å²) in [6.45, 7) is 1.80. The van der Waals surface area contributed by atoms with Crippen LogP contribution in [0.5, 0.6) is 0 Å². The normalized spacial score (nSPS) is 23.6. The third kappa shape index (κ3) is 2.23. The molecule has 1 aromatic rings. The molecule has 94 valence electrons. The van der Waals surface area contributed by atoms with Crippen molar-refractivity contribution in [1.82, 2.24) is 15.2 Å². The molecule has 2 rings (SSSR count). The Morgan fingerprint density at radius 2 is 2.24 bits per heavy atom. The first-order valence-electron chi connectivity index (χ1n) is 5.00. The van der Waals surface area contributed by atoms with Gasteiger partial charge in [0.2, 0.25) is 11.5 Å². The summed E-state index contributed by atoms with van der Waals surface area (Å²) in [5, 5.41) is 6.72. The number of hydrogen-bond acceptors (Lipinski definition) is 7. The molecule has 0 aliphatic carbocycles. The van der Waals surface area contributed by atoms with Gasteiger partial charge in [0.1, 0.15) is 0 Å². The molecule has 1 amide bonds. The van der Waals surface area contributed by atoms with E-state index in [2.05, 4.69) is 14.9 Å². The molecule has 17 heavy (non-hydrogen) atoms. The number of anilines is 1. The molecule has 1 saturated heterocycles. The van der Waals surface area contributed by atoms with Crippen molar-refractivity contribution in [2.24, 2.45) is 0 Å². The van der Waals surface area contributed by atoms with Gasteiger partial charge in [0, 0.05) is 12.6 Å². The monoisotopic (exact) mass is 260 g/mol. The fourth-order valence-corrected chi connectivity index (χ4v) is 3.34. The highest BCUT2D eigenvalue weighted by atomic mass is 32.2. The fourth-order valence-electron chi connectivity index (χ4n) is 1.78. The molecular formula is C8H12N4O4S. The Morgan fingerprint density at radius 3 is 2.76 bits per heavy atom. The van der Waals surface area contributed by atoms with E-state index in [1.165, 1.54) is 4.90 Å². The number of amides is 1. The molecule has 9 heteroatoms. The van der Waals surface area contributed by atoms with Crippen molar-refractivity contribution in [2.75, 3.05) is 23.8 Å². The van der Waals surface area contributed by atoms with Crippen LogP contribution in [0.1, 0.15) is 17.4 Å². The average molecular weight is 260 g/mol. The van der Waals surface area contributed by atoms with Crippen LogP contribution in [0.15, 0.2) is 4.63 Å². The summed E-state index contributed by atoms with van der Waals surface area (Å²) in [5.41, 5.74) is 5.34. The zero-order chi connectivity index (χ0) is 12.6. The van der Waals surface area contributed by atoms with Gasteiger partial charge in [0.05, 0.1) is 11.5 Å². The smallest absolute Gasteiger partial charge is 0.280 e. The minimum Gasteiger partial charge on any atom is -0.379 e. The van der Waals surface area contributed by atoms with Crippen LogP contribution in [0.25, 0.3) is 0 Å². The van der Waals surface area contributed by atoms with E-state index >= 15 is 0 Å².